The number of rotatable bonds is 5. The summed E-state index contributed by atoms with van der Waals surface area (Å²) in [5, 5.41) is 8.05. The van der Waals surface area contributed by atoms with Gasteiger partial charge in [0.1, 0.15) is 0 Å². The number of aromatic nitrogens is 3. The summed E-state index contributed by atoms with van der Waals surface area (Å²) >= 11 is 0. The van der Waals surface area contributed by atoms with Crippen molar-refractivity contribution < 1.29 is 9.59 Å². The normalized spacial score (nSPS) is 11.3. The topological polar surface area (TPSA) is 80.1 Å². The molecule has 0 unspecified atom stereocenters. The average molecular weight is 393 g/mol. The Balaban J connectivity index is 2.01. The van der Waals surface area contributed by atoms with E-state index in [1.807, 2.05) is 38.4 Å². The quantitative estimate of drug-likeness (QED) is 0.708. The van der Waals surface area contributed by atoms with Crippen molar-refractivity contribution in [2.24, 2.45) is 0 Å². The largest absolute Gasteiger partial charge is 0.345 e. The van der Waals surface area contributed by atoms with Crippen molar-refractivity contribution in [2.75, 3.05) is 19.4 Å². The maximum absolute atomic E-state index is 13.1. The Hall–Kier alpha value is -3.22. The predicted octanol–water partition coefficient (Wildman–Crippen LogP) is 4.09. The van der Waals surface area contributed by atoms with Crippen molar-refractivity contribution in [3.63, 3.8) is 0 Å². The Morgan fingerprint density at radius 2 is 1.83 bits per heavy atom. The lowest BCUT2D eigenvalue weighted by molar-refractivity contribution is 0.0827. The fourth-order valence-electron chi connectivity index (χ4n) is 3.09. The third-order valence-electron chi connectivity index (χ3n) is 4.69. The van der Waals surface area contributed by atoms with Crippen molar-refractivity contribution in [1.29, 1.82) is 0 Å². The van der Waals surface area contributed by atoms with E-state index in [1.165, 1.54) is 4.90 Å². The molecule has 0 atom stereocenters. The van der Waals surface area contributed by atoms with Crippen molar-refractivity contribution in [1.82, 2.24) is 19.7 Å². The van der Waals surface area contributed by atoms with Gasteiger partial charge in [-0.1, -0.05) is 19.9 Å². The molecule has 2 amide bonds. The van der Waals surface area contributed by atoms with E-state index in [0.717, 1.165) is 5.69 Å². The molecule has 2 heterocycles. The first-order valence-corrected chi connectivity index (χ1v) is 9.70. The summed E-state index contributed by atoms with van der Waals surface area (Å²) in [7, 11) is 3.39. The van der Waals surface area contributed by atoms with Gasteiger partial charge >= 0.3 is 0 Å². The molecule has 3 aromatic rings. The van der Waals surface area contributed by atoms with Crippen LogP contribution in [0.25, 0.3) is 11.0 Å². The molecule has 1 N–H and O–H groups in total. The molecule has 0 aliphatic heterocycles. The number of pyridine rings is 1. The van der Waals surface area contributed by atoms with E-state index in [1.54, 1.807) is 44.6 Å². The number of nitrogens with one attached hydrogen (secondary N) is 1. The molecule has 7 heteroatoms. The minimum Gasteiger partial charge on any atom is -0.345 e. The third-order valence-corrected chi connectivity index (χ3v) is 4.69. The first kappa shape index (κ1) is 20.5. The molecule has 0 radical (unpaired) electrons. The Morgan fingerprint density at radius 3 is 2.45 bits per heavy atom. The zero-order valence-electron chi connectivity index (χ0n) is 17.7. The van der Waals surface area contributed by atoms with E-state index in [4.69, 9.17) is 4.98 Å². The minimum absolute atomic E-state index is 0.118. The highest BCUT2D eigenvalue weighted by Gasteiger charge is 2.19. The van der Waals surface area contributed by atoms with Crippen molar-refractivity contribution >= 4 is 28.5 Å². The van der Waals surface area contributed by atoms with Crippen LogP contribution in [0.15, 0.2) is 36.5 Å². The van der Waals surface area contributed by atoms with Gasteiger partial charge < -0.3 is 10.2 Å². The maximum Gasteiger partial charge on any atom is 0.256 e. The van der Waals surface area contributed by atoms with Gasteiger partial charge in [-0.2, -0.15) is 5.10 Å². The molecule has 0 bridgehead atoms. The van der Waals surface area contributed by atoms with Gasteiger partial charge in [-0.3, -0.25) is 9.59 Å². The molecular formula is C22H27N5O2. The summed E-state index contributed by atoms with van der Waals surface area (Å²) in [4.78, 5) is 31.6. The van der Waals surface area contributed by atoms with Crippen molar-refractivity contribution in [3.05, 3.63) is 53.3 Å². The molecule has 1 aromatic carbocycles. The Kier molecular flexibility index (Phi) is 5.68. The molecule has 0 fully saturated rings. The lowest BCUT2D eigenvalue weighted by atomic mass is 10.0. The van der Waals surface area contributed by atoms with Crippen LogP contribution >= 0.6 is 0 Å². The fraction of sp³-hybridized carbons (Fsp3) is 0.364. The summed E-state index contributed by atoms with van der Waals surface area (Å²) in [6.07, 6.45) is 1.69. The van der Waals surface area contributed by atoms with E-state index >= 15 is 0 Å². The summed E-state index contributed by atoms with van der Waals surface area (Å²) in [6.45, 7) is 8.15. The number of benzene rings is 1. The maximum atomic E-state index is 13.1. The molecule has 0 spiro atoms. The molecule has 0 saturated heterocycles. The van der Waals surface area contributed by atoms with E-state index in [2.05, 4.69) is 10.4 Å². The SMILES string of the molecule is CC(C)c1cc(C(=O)Nc2cccc(C(=O)N(C)C)c2)c2cnn(C(C)C)c2n1. The summed E-state index contributed by atoms with van der Waals surface area (Å²) < 4.78 is 1.83. The van der Waals surface area contributed by atoms with Gasteiger partial charge in [-0.15, -0.1) is 0 Å². The van der Waals surface area contributed by atoms with Gasteiger partial charge in [0.25, 0.3) is 11.8 Å². The second kappa shape index (κ2) is 8.03. The first-order valence-electron chi connectivity index (χ1n) is 9.70. The Bertz CT molecular complexity index is 1070. The minimum atomic E-state index is -0.253. The number of hydrogen-bond donors (Lipinski definition) is 1. The lowest BCUT2D eigenvalue weighted by Crippen LogP contribution is -2.22. The molecular weight excluding hydrogens is 366 g/mol. The van der Waals surface area contributed by atoms with Crippen LogP contribution in [0.3, 0.4) is 0 Å². The summed E-state index contributed by atoms with van der Waals surface area (Å²) in [5.74, 6) is -0.202. The van der Waals surface area contributed by atoms with E-state index in [9.17, 15) is 9.59 Å². The van der Waals surface area contributed by atoms with Crippen LogP contribution in [0.2, 0.25) is 0 Å². The fourth-order valence-corrected chi connectivity index (χ4v) is 3.09. The molecule has 3 rings (SSSR count). The molecule has 0 aliphatic carbocycles. The van der Waals surface area contributed by atoms with Crippen LogP contribution in [0.1, 0.15) is 66.1 Å². The highest BCUT2D eigenvalue weighted by atomic mass is 16.2. The van der Waals surface area contributed by atoms with Gasteiger partial charge in [-0.05, 0) is 44.0 Å². The number of carbonyl (C=O) groups is 2. The van der Waals surface area contributed by atoms with Gasteiger partial charge in [0, 0.05) is 37.1 Å². The number of amides is 2. The molecule has 0 aliphatic rings. The molecule has 152 valence electrons. The predicted molar refractivity (Wildman–Crippen MR) is 114 cm³/mol. The van der Waals surface area contributed by atoms with Crippen molar-refractivity contribution in [3.8, 4) is 0 Å². The van der Waals surface area contributed by atoms with Crippen LogP contribution in [-0.2, 0) is 0 Å². The smallest absolute Gasteiger partial charge is 0.256 e. The number of anilines is 1. The van der Waals surface area contributed by atoms with Gasteiger partial charge in [-0.25, -0.2) is 9.67 Å². The molecule has 0 saturated carbocycles. The first-order chi connectivity index (χ1) is 13.7. The van der Waals surface area contributed by atoms with Crippen LogP contribution in [0.4, 0.5) is 5.69 Å². The van der Waals surface area contributed by atoms with Crippen LogP contribution in [0, 0.1) is 0 Å². The van der Waals surface area contributed by atoms with Gasteiger partial charge in [0.05, 0.1) is 17.1 Å². The summed E-state index contributed by atoms with van der Waals surface area (Å²) in [6, 6.07) is 8.89. The highest BCUT2D eigenvalue weighted by Crippen LogP contribution is 2.25. The van der Waals surface area contributed by atoms with E-state index in [0.29, 0.717) is 27.8 Å². The average Bonchev–Trinajstić information content (AvgIpc) is 3.10. The van der Waals surface area contributed by atoms with Crippen LogP contribution in [0.5, 0.6) is 0 Å². The van der Waals surface area contributed by atoms with Gasteiger partial charge in [0.2, 0.25) is 0 Å². The lowest BCUT2D eigenvalue weighted by Gasteiger charge is -2.13. The zero-order valence-corrected chi connectivity index (χ0v) is 17.7. The molecule has 7 nitrogen and oxygen atoms in total. The van der Waals surface area contributed by atoms with E-state index < -0.39 is 0 Å². The number of hydrogen-bond acceptors (Lipinski definition) is 4. The number of carbonyl (C=O) groups excluding carboxylic acids is 2. The standard InChI is InChI=1S/C22H27N5O2/c1-13(2)19-11-17(18-12-23-27(14(3)4)20(18)25-19)21(28)24-16-9-7-8-15(10-16)22(29)26(5)6/h7-14H,1-6H3,(H,24,28). The van der Waals surface area contributed by atoms with Crippen LogP contribution < -0.4 is 5.32 Å². The number of nitrogens with zero attached hydrogens (tertiary/aromatic N) is 4. The Morgan fingerprint density at radius 1 is 1.10 bits per heavy atom. The van der Waals surface area contributed by atoms with E-state index in [-0.39, 0.29) is 23.8 Å². The Labute approximate surface area is 170 Å². The van der Waals surface area contributed by atoms with Crippen molar-refractivity contribution in [2.45, 2.75) is 39.7 Å². The molecule has 29 heavy (non-hydrogen) atoms. The molecule has 2 aromatic heterocycles. The second-order valence-electron chi connectivity index (χ2n) is 7.90. The monoisotopic (exact) mass is 393 g/mol. The second-order valence-corrected chi connectivity index (χ2v) is 7.90. The highest BCUT2D eigenvalue weighted by molar-refractivity contribution is 6.12. The number of fused-ring (bicyclic) bond motifs is 1. The van der Waals surface area contributed by atoms with Crippen LogP contribution in [-0.4, -0.2) is 45.6 Å². The van der Waals surface area contributed by atoms with Gasteiger partial charge in [0.15, 0.2) is 5.65 Å². The zero-order chi connectivity index (χ0) is 21.3. The summed E-state index contributed by atoms with van der Waals surface area (Å²) in [5.41, 5.74) is 3.14. The third kappa shape index (κ3) is 4.13.